The Kier molecular flexibility index (Phi) is 3.58. The number of benzene rings is 3. The van der Waals surface area contributed by atoms with Crippen molar-refractivity contribution in [3.05, 3.63) is 99.3 Å². The molecule has 1 heterocycles. The number of nitrogens with one attached hydrogen (secondary N) is 1. The van der Waals surface area contributed by atoms with Gasteiger partial charge in [-0.15, -0.1) is 0 Å². The molecule has 4 heteroatoms. The lowest BCUT2D eigenvalue weighted by atomic mass is 10.00. The molecule has 0 fully saturated rings. The first-order valence-electron chi connectivity index (χ1n) is 8.03. The van der Waals surface area contributed by atoms with Crippen molar-refractivity contribution in [2.75, 3.05) is 0 Å². The van der Waals surface area contributed by atoms with Crippen LogP contribution >= 0.6 is 0 Å². The molecular formula is C21H16N2O2. The Morgan fingerprint density at radius 1 is 0.800 bits per heavy atom. The molecule has 25 heavy (non-hydrogen) atoms. The second-order valence-corrected chi connectivity index (χ2v) is 6.10. The molecule has 0 spiro atoms. The van der Waals surface area contributed by atoms with E-state index >= 15 is 0 Å². The van der Waals surface area contributed by atoms with E-state index in [9.17, 15) is 9.59 Å². The van der Waals surface area contributed by atoms with E-state index in [1.54, 1.807) is 0 Å². The van der Waals surface area contributed by atoms with Crippen LogP contribution in [0.4, 0.5) is 0 Å². The highest BCUT2D eigenvalue weighted by Gasteiger charge is 2.04. The van der Waals surface area contributed by atoms with Crippen molar-refractivity contribution >= 4 is 10.8 Å². The summed E-state index contributed by atoms with van der Waals surface area (Å²) in [6.45, 7) is 2.08. The van der Waals surface area contributed by atoms with E-state index in [-0.39, 0.29) is 0 Å². The van der Waals surface area contributed by atoms with Gasteiger partial charge < -0.3 is 0 Å². The highest BCUT2D eigenvalue weighted by atomic mass is 16.2. The van der Waals surface area contributed by atoms with Gasteiger partial charge in [0.1, 0.15) is 0 Å². The Morgan fingerprint density at radius 3 is 2.40 bits per heavy atom. The van der Waals surface area contributed by atoms with Crippen molar-refractivity contribution in [3.8, 4) is 16.8 Å². The van der Waals surface area contributed by atoms with Gasteiger partial charge in [-0.2, -0.15) is 0 Å². The summed E-state index contributed by atoms with van der Waals surface area (Å²) in [7, 11) is 0. The molecule has 0 amide bonds. The maximum Gasteiger partial charge on any atom is 0.332 e. The predicted octanol–water partition coefficient (Wildman–Crippen LogP) is 3.65. The van der Waals surface area contributed by atoms with Gasteiger partial charge in [0.05, 0.1) is 5.69 Å². The van der Waals surface area contributed by atoms with Gasteiger partial charge in [0.2, 0.25) is 0 Å². The summed E-state index contributed by atoms with van der Waals surface area (Å²) < 4.78 is 1.43. The Labute approximate surface area is 144 Å². The average molecular weight is 328 g/mol. The van der Waals surface area contributed by atoms with Gasteiger partial charge in [0.15, 0.2) is 0 Å². The number of H-pyrrole nitrogens is 1. The lowest BCUT2D eigenvalue weighted by Crippen LogP contribution is -2.27. The molecule has 0 bridgehead atoms. The van der Waals surface area contributed by atoms with Crippen molar-refractivity contribution in [2.45, 2.75) is 6.92 Å². The Balaban J connectivity index is 1.83. The van der Waals surface area contributed by atoms with Crippen LogP contribution in [0.5, 0.6) is 0 Å². The first-order valence-corrected chi connectivity index (χ1v) is 8.03. The fraction of sp³-hybridized carbons (Fsp3) is 0.0476. The van der Waals surface area contributed by atoms with Crippen LogP contribution in [0.1, 0.15) is 5.56 Å². The number of fused-ring (bicyclic) bond motifs is 1. The van der Waals surface area contributed by atoms with Gasteiger partial charge in [-0.1, -0.05) is 48.0 Å². The summed E-state index contributed by atoms with van der Waals surface area (Å²) in [5.74, 6) is 0. The maximum atomic E-state index is 12.0. The molecule has 0 saturated heterocycles. The zero-order valence-electron chi connectivity index (χ0n) is 13.7. The number of hydrogen-bond donors (Lipinski definition) is 1. The van der Waals surface area contributed by atoms with E-state index in [0.717, 1.165) is 11.1 Å². The van der Waals surface area contributed by atoms with Crippen molar-refractivity contribution in [2.24, 2.45) is 0 Å². The second kappa shape index (κ2) is 5.91. The van der Waals surface area contributed by atoms with Crippen LogP contribution < -0.4 is 11.2 Å². The first-order chi connectivity index (χ1) is 12.1. The number of rotatable bonds is 2. The molecule has 122 valence electrons. The lowest BCUT2D eigenvalue weighted by molar-refractivity contribution is 0.896. The summed E-state index contributed by atoms with van der Waals surface area (Å²) in [5, 5.41) is 2.38. The minimum Gasteiger partial charge on any atom is -0.274 e. The van der Waals surface area contributed by atoms with Gasteiger partial charge in [0, 0.05) is 12.3 Å². The Bertz CT molecular complexity index is 1200. The first kappa shape index (κ1) is 15.1. The maximum absolute atomic E-state index is 12.0. The van der Waals surface area contributed by atoms with E-state index in [4.69, 9.17) is 0 Å². The van der Waals surface area contributed by atoms with Crippen molar-refractivity contribution in [1.29, 1.82) is 0 Å². The molecule has 0 unspecified atom stereocenters. The summed E-state index contributed by atoms with van der Waals surface area (Å²) >= 11 is 0. The molecule has 0 aliphatic carbocycles. The SMILES string of the molecule is Cc1ccc2cc(-c3cccc(-n4ccc(=O)[nH]c4=O)c3)ccc2c1. The molecule has 1 N–H and O–H groups in total. The van der Waals surface area contributed by atoms with Crippen LogP contribution in [0.25, 0.3) is 27.6 Å². The number of nitrogens with zero attached hydrogens (tertiary/aromatic N) is 1. The fourth-order valence-electron chi connectivity index (χ4n) is 3.00. The largest absolute Gasteiger partial charge is 0.332 e. The van der Waals surface area contributed by atoms with Crippen LogP contribution in [0.15, 0.2) is 82.5 Å². The van der Waals surface area contributed by atoms with Crippen molar-refractivity contribution in [1.82, 2.24) is 9.55 Å². The van der Waals surface area contributed by atoms with E-state index in [1.165, 1.54) is 33.2 Å². The van der Waals surface area contributed by atoms with Gasteiger partial charge in [-0.25, -0.2) is 4.79 Å². The van der Waals surface area contributed by atoms with Gasteiger partial charge in [-0.05, 0) is 47.0 Å². The molecule has 0 saturated carbocycles. The van der Waals surface area contributed by atoms with Gasteiger partial charge in [0.25, 0.3) is 5.56 Å². The summed E-state index contributed by atoms with van der Waals surface area (Å²) in [6.07, 6.45) is 1.49. The molecule has 4 rings (SSSR count). The molecule has 0 atom stereocenters. The third kappa shape index (κ3) is 2.90. The zero-order valence-corrected chi connectivity index (χ0v) is 13.7. The van der Waals surface area contributed by atoms with E-state index in [2.05, 4.69) is 48.3 Å². The minimum atomic E-state index is -0.446. The summed E-state index contributed by atoms with van der Waals surface area (Å²) in [4.78, 5) is 25.5. The number of aromatic nitrogens is 2. The van der Waals surface area contributed by atoms with E-state index in [1.807, 2.05) is 24.3 Å². The van der Waals surface area contributed by atoms with E-state index in [0.29, 0.717) is 5.69 Å². The zero-order chi connectivity index (χ0) is 17.4. The summed E-state index contributed by atoms with van der Waals surface area (Å²) in [6, 6.07) is 21.7. The molecule has 0 aliphatic heterocycles. The minimum absolute atomic E-state index is 0.401. The summed E-state index contributed by atoms with van der Waals surface area (Å²) in [5.41, 5.74) is 3.19. The van der Waals surface area contributed by atoms with Crippen LogP contribution in [0.2, 0.25) is 0 Å². The molecule has 4 nitrogen and oxygen atoms in total. The third-order valence-electron chi connectivity index (χ3n) is 4.28. The van der Waals surface area contributed by atoms with Gasteiger partial charge in [-0.3, -0.25) is 14.3 Å². The number of aromatic amines is 1. The molecule has 0 aliphatic rings. The molecule has 3 aromatic carbocycles. The van der Waals surface area contributed by atoms with Crippen LogP contribution in [-0.4, -0.2) is 9.55 Å². The topological polar surface area (TPSA) is 54.9 Å². The fourth-order valence-corrected chi connectivity index (χ4v) is 3.00. The monoisotopic (exact) mass is 328 g/mol. The lowest BCUT2D eigenvalue weighted by Gasteiger charge is -2.09. The number of aryl methyl sites for hydroxylation is 1. The van der Waals surface area contributed by atoms with E-state index < -0.39 is 11.2 Å². The number of hydrogen-bond acceptors (Lipinski definition) is 2. The third-order valence-corrected chi connectivity index (χ3v) is 4.28. The highest BCUT2D eigenvalue weighted by molar-refractivity contribution is 5.88. The molecule has 0 radical (unpaired) electrons. The van der Waals surface area contributed by atoms with Crippen LogP contribution in [-0.2, 0) is 0 Å². The van der Waals surface area contributed by atoms with Crippen LogP contribution in [0, 0.1) is 6.92 Å². The molecule has 4 aromatic rings. The van der Waals surface area contributed by atoms with Crippen molar-refractivity contribution in [3.63, 3.8) is 0 Å². The Morgan fingerprint density at radius 2 is 1.56 bits per heavy atom. The second-order valence-electron chi connectivity index (χ2n) is 6.10. The highest BCUT2D eigenvalue weighted by Crippen LogP contribution is 2.26. The molecule has 1 aromatic heterocycles. The van der Waals surface area contributed by atoms with Crippen LogP contribution in [0.3, 0.4) is 0 Å². The normalized spacial score (nSPS) is 10.9. The quantitative estimate of drug-likeness (QED) is 0.610. The van der Waals surface area contributed by atoms with Crippen molar-refractivity contribution < 1.29 is 0 Å². The molecular weight excluding hydrogens is 312 g/mol. The van der Waals surface area contributed by atoms with Gasteiger partial charge >= 0.3 is 5.69 Å². The predicted molar refractivity (Wildman–Crippen MR) is 100 cm³/mol. The standard InChI is InChI=1S/C21H16N2O2/c1-14-5-6-17-12-18(8-7-16(17)11-14)15-3-2-4-19(13-15)23-10-9-20(24)22-21(23)25/h2-13H,1H3,(H,22,24,25). The smallest absolute Gasteiger partial charge is 0.274 e. The Hall–Kier alpha value is -3.40. The average Bonchev–Trinajstić information content (AvgIpc) is 2.61.